The first kappa shape index (κ1) is 13.1. The number of aliphatic imine (C=N–C) groups is 1. The summed E-state index contributed by atoms with van der Waals surface area (Å²) < 4.78 is 5.19. The van der Waals surface area contributed by atoms with Crippen LogP contribution in [0.25, 0.3) is 0 Å². The van der Waals surface area contributed by atoms with Crippen LogP contribution < -0.4 is 4.74 Å². The molecule has 0 aliphatic heterocycles. The maximum atomic E-state index is 10.6. The van der Waals surface area contributed by atoms with E-state index in [9.17, 15) is 4.79 Å². The van der Waals surface area contributed by atoms with E-state index >= 15 is 0 Å². The standard InChI is InChI=1S/C16H15NO2/c1-19-15-9-5-6-13(10-15)11-16(17-12-18)14-7-3-2-4-8-14/h2-10,16H,11H2,1H3. The molecule has 2 rings (SSSR count). The number of methoxy groups -OCH3 is 1. The van der Waals surface area contributed by atoms with Crippen molar-refractivity contribution in [3.63, 3.8) is 0 Å². The van der Waals surface area contributed by atoms with Gasteiger partial charge in [0.25, 0.3) is 0 Å². The van der Waals surface area contributed by atoms with Gasteiger partial charge in [-0.15, -0.1) is 0 Å². The van der Waals surface area contributed by atoms with Crippen molar-refractivity contribution in [2.45, 2.75) is 12.5 Å². The Labute approximate surface area is 112 Å². The van der Waals surface area contributed by atoms with Crippen molar-refractivity contribution in [1.82, 2.24) is 0 Å². The van der Waals surface area contributed by atoms with E-state index in [1.54, 1.807) is 13.2 Å². The van der Waals surface area contributed by atoms with Gasteiger partial charge in [-0.2, -0.15) is 4.99 Å². The van der Waals surface area contributed by atoms with Crippen molar-refractivity contribution in [1.29, 1.82) is 0 Å². The fourth-order valence-corrected chi connectivity index (χ4v) is 2.00. The molecule has 0 saturated heterocycles. The van der Waals surface area contributed by atoms with Crippen molar-refractivity contribution in [3.05, 3.63) is 65.7 Å². The Balaban J connectivity index is 2.24. The van der Waals surface area contributed by atoms with Gasteiger partial charge in [-0.3, -0.25) is 0 Å². The van der Waals surface area contributed by atoms with Gasteiger partial charge in [0.2, 0.25) is 6.08 Å². The van der Waals surface area contributed by atoms with Crippen LogP contribution in [0.5, 0.6) is 5.75 Å². The van der Waals surface area contributed by atoms with Crippen LogP contribution in [0.1, 0.15) is 17.2 Å². The summed E-state index contributed by atoms with van der Waals surface area (Å²) in [6, 6.07) is 17.3. The zero-order valence-electron chi connectivity index (χ0n) is 10.7. The van der Waals surface area contributed by atoms with Crippen molar-refractivity contribution in [2.75, 3.05) is 7.11 Å². The summed E-state index contributed by atoms with van der Waals surface area (Å²) >= 11 is 0. The molecule has 3 nitrogen and oxygen atoms in total. The Kier molecular flexibility index (Phi) is 4.49. The van der Waals surface area contributed by atoms with Crippen LogP contribution in [0.4, 0.5) is 0 Å². The monoisotopic (exact) mass is 253 g/mol. The topological polar surface area (TPSA) is 38.7 Å². The van der Waals surface area contributed by atoms with Gasteiger partial charge in [-0.05, 0) is 29.7 Å². The molecule has 0 aromatic heterocycles. The maximum Gasteiger partial charge on any atom is 0.235 e. The van der Waals surface area contributed by atoms with Gasteiger partial charge in [0.1, 0.15) is 5.75 Å². The summed E-state index contributed by atoms with van der Waals surface area (Å²) in [5.41, 5.74) is 2.08. The average Bonchev–Trinajstić information content (AvgIpc) is 2.48. The third-order valence-corrected chi connectivity index (χ3v) is 2.96. The minimum atomic E-state index is -0.203. The maximum absolute atomic E-state index is 10.6. The lowest BCUT2D eigenvalue weighted by atomic mass is 9.99. The van der Waals surface area contributed by atoms with Crippen molar-refractivity contribution in [2.24, 2.45) is 4.99 Å². The molecule has 3 heteroatoms. The van der Waals surface area contributed by atoms with Crippen LogP contribution in [-0.4, -0.2) is 13.2 Å². The van der Waals surface area contributed by atoms with E-state index < -0.39 is 0 Å². The van der Waals surface area contributed by atoms with E-state index in [0.717, 1.165) is 16.9 Å². The minimum absolute atomic E-state index is 0.203. The number of benzene rings is 2. The zero-order chi connectivity index (χ0) is 13.5. The van der Waals surface area contributed by atoms with Crippen molar-refractivity contribution in [3.8, 4) is 5.75 Å². The lowest BCUT2D eigenvalue weighted by Gasteiger charge is -2.11. The molecule has 0 spiro atoms. The molecule has 0 saturated carbocycles. The molecule has 0 amide bonds. The fourth-order valence-electron chi connectivity index (χ4n) is 2.00. The third kappa shape index (κ3) is 3.54. The Morgan fingerprint density at radius 3 is 2.63 bits per heavy atom. The smallest absolute Gasteiger partial charge is 0.235 e. The molecule has 0 bridgehead atoms. The summed E-state index contributed by atoms with van der Waals surface area (Å²) in [7, 11) is 1.64. The summed E-state index contributed by atoms with van der Waals surface area (Å²) in [6.07, 6.45) is 2.31. The minimum Gasteiger partial charge on any atom is -0.497 e. The molecule has 0 heterocycles. The predicted molar refractivity (Wildman–Crippen MR) is 74.0 cm³/mol. The number of rotatable bonds is 5. The first-order chi connectivity index (χ1) is 9.33. The molecule has 19 heavy (non-hydrogen) atoms. The second-order valence-corrected chi connectivity index (χ2v) is 4.20. The second kappa shape index (κ2) is 6.53. The van der Waals surface area contributed by atoms with Crippen LogP contribution in [-0.2, 0) is 11.2 Å². The molecule has 2 aromatic rings. The molecule has 0 aliphatic rings. The van der Waals surface area contributed by atoms with E-state index in [4.69, 9.17) is 4.74 Å². The van der Waals surface area contributed by atoms with Crippen molar-refractivity contribution < 1.29 is 9.53 Å². The van der Waals surface area contributed by atoms with Crippen LogP contribution >= 0.6 is 0 Å². The molecular weight excluding hydrogens is 238 g/mol. The third-order valence-electron chi connectivity index (χ3n) is 2.96. The molecule has 2 aromatic carbocycles. The Morgan fingerprint density at radius 2 is 1.95 bits per heavy atom. The summed E-state index contributed by atoms with van der Waals surface area (Å²) in [5.74, 6) is 0.805. The molecule has 0 N–H and O–H groups in total. The summed E-state index contributed by atoms with van der Waals surface area (Å²) in [4.78, 5) is 14.5. The fraction of sp³-hybridized carbons (Fsp3) is 0.188. The highest BCUT2D eigenvalue weighted by Gasteiger charge is 2.11. The van der Waals surface area contributed by atoms with E-state index in [-0.39, 0.29) is 6.04 Å². The second-order valence-electron chi connectivity index (χ2n) is 4.20. The highest BCUT2D eigenvalue weighted by Crippen LogP contribution is 2.23. The number of hydrogen-bond donors (Lipinski definition) is 0. The number of nitrogens with zero attached hydrogens (tertiary/aromatic N) is 1. The number of carbonyl (C=O) groups excluding carboxylic acids is 1. The first-order valence-electron chi connectivity index (χ1n) is 6.08. The number of hydrogen-bond acceptors (Lipinski definition) is 3. The molecule has 1 atom stereocenters. The number of isocyanates is 1. The van der Waals surface area contributed by atoms with E-state index in [1.165, 1.54) is 0 Å². The van der Waals surface area contributed by atoms with Gasteiger partial charge in [0.15, 0.2) is 0 Å². The average molecular weight is 253 g/mol. The summed E-state index contributed by atoms with van der Waals surface area (Å²) in [5, 5.41) is 0. The van der Waals surface area contributed by atoms with E-state index in [1.807, 2.05) is 54.6 Å². The first-order valence-corrected chi connectivity index (χ1v) is 6.08. The van der Waals surface area contributed by atoms with Gasteiger partial charge < -0.3 is 4.74 Å². The van der Waals surface area contributed by atoms with Gasteiger partial charge >= 0.3 is 0 Å². The van der Waals surface area contributed by atoms with Crippen LogP contribution in [0, 0.1) is 0 Å². The molecular formula is C16H15NO2. The lowest BCUT2D eigenvalue weighted by Crippen LogP contribution is -2.00. The molecule has 0 fully saturated rings. The Morgan fingerprint density at radius 1 is 1.16 bits per heavy atom. The van der Waals surface area contributed by atoms with Gasteiger partial charge in [-0.1, -0.05) is 42.5 Å². The Hall–Kier alpha value is -2.38. The van der Waals surface area contributed by atoms with Gasteiger partial charge in [0, 0.05) is 0 Å². The predicted octanol–water partition coefficient (Wildman–Crippen LogP) is 3.31. The van der Waals surface area contributed by atoms with Crippen molar-refractivity contribution >= 4 is 6.08 Å². The quantitative estimate of drug-likeness (QED) is 0.605. The van der Waals surface area contributed by atoms with E-state index in [0.29, 0.717) is 6.42 Å². The van der Waals surface area contributed by atoms with Crippen LogP contribution in [0.15, 0.2) is 59.6 Å². The van der Waals surface area contributed by atoms with Crippen LogP contribution in [0.3, 0.4) is 0 Å². The highest BCUT2D eigenvalue weighted by atomic mass is 16.5. The molecule has 0 radical (unpaired) electrons. The Bertz CT molecular complexity index is 574. The van der Waals surface area contributed by atoms with E-state index in [2.05, 4.69) is 4.99 Å². The largest absolute Gasteiger partial charge is 0.497 e. The normalized spacial score (nSPS) is 11.4. The molecule has 0 aliphatic carbocycles. The summed E-state index contributed by atoms with van der Waals surface area (Å²) in [6.45, 7) is 0. The van der Waals surface area contributed by atoms with Gasteiger partial charge in [-0.25, -0.2) is 4.79 Å². The SMILES string of the molecule is COc1cccc(CC(N=C=O)c2ccccc2)c1. The van der Waals surface area contributed by atoms with Gasteiger partial charge in [0.05, 0.1) is 13.2 Å². The number of ether oxygens (including phenoxy) is 1. The highest BCUT2D eigenvalue weighted by molar-refractivity contribution is 5.37. The van der Waals surface area contributed by atoms with Crippen LogP contribution in [0.2, 0.25) is 0 Å². The molecule has 96 valence electrons. The zero-order valence-corrected chi connectivity index (χ0v) is 10.7. The molecule has 1 unspecified atom stereocenters. The lowest BCUT2D eigenvalue weighted by molar-refractivity contribution is 0.414.